The zero-order valence-electron chi connectivity index (χ0n) is 13.8. The van der Waals surface area contributed by atoms with Crippen LogP contribution in [0.1, 0.15) is 23.7 Å². The van der Waals surface area contributed by atoms with Crippen LogP contribution in [0, 0.1) is 0 Å². The lowest BCUT2D eigenvalue weighted by Gasteiger charge is -2.31. The monoisotopic (exact) mass is 312 g/mol. The molecule has 0 fully saturated rings. The first-order chi connectivity index (χ1) is 11.2. The van der Waals surface area contributed by atoms with Gasteiger partial charge in [0.15, 0.2) is 0 Å². The molecule has 2 aromatic rings. The third kappa shape index (κ3) is 4.27. The molecule has 1 atom stereocenters. The SMILES string of the molecule is COCc1cc(NC(C)CN2CCc3ccccc3C2)ncn1. The largest absolute Gasteiger partial charge is 0.378 e. The summed E-state index contributed by atoms with van der Waals surface area (Å²) >= 11 is 0. The molecule has 0 aliphatic carbocycles. The number of hydrogen-bond donors (Lipinski definition) is 1. The van der Waals surface area contributed by atoms with Crippen LogP contribution in [0.25, 0.3) is 0 Å². The number of aromatic nitrogens is 2. The van der Waals surface area contributed by atoms with Crippen molar-refractivity contribution in [3.63, 3.8) is 0 Å². The fourth-order valence-electron chi connectivity index (χ4n) is 3.10. The van der Waals surface area contributed by atoms with Crippen molar-refractivity contribution in [2.75, 3.05) is 25.5 Å². The van der Waals surface area contributed by atoms with Crippen molar-refractivity contribution in [1.82, 2.24) is 14.9 Å². The molecule has 1 aromatic heterocycles. The molecule has 5 heteroatoms. The summed E-state index contributed by atoms with van der Waals surface area (Å²) in [5, 5.41) is 3.46. The average molecular weight is 312 g/mol. The molecular formula is C18H24N4O. The van der Waals surface area contributed by atoms with Crippen LogP contribution in [-0.4, -0.2) is 41.1 Å². The fraction of sp³-hybridized carbons (Fsp3) is 0.444. The van der Waals surface area contributed by atoms with Crippen molar-refractivity contribution in [3.8, 4) is 0 Å². The number of benzene rings is 1. The molecule has 1 aliphatic heterocycles. The third-order valence-electron chi connectivity index (χ3n) is 4.15. The topological polar surface area (TPSA) is 50.3 Å². The maximum Gasteiger partial charge on any atom is 0.129 e. The second-order valence-electron chi connectivity index (χ2n) is 6.13. The van der Waals surface area contributed by atoms with Crippen LogP contribution in [0.3, 0.4) is 0 Å². The van der Waals surface area contributed by atoms with Gasteiger partial charge < -0.3 is 10.1 Å². The molecule has 2 heterocycles. The molecule has 0 amide bonds. The number of nitrogens with zero attached hydrogens (tertiary/aromatic N) is 3. The Bertz CT molecular complexity index is 646. The fourth-order valence-corrected chi connectivity index (χ4v) is 3.10. The number of methoxy groups -OCH3 is 1. The van der Waals surface area contributed by atoms with Crippen molar-refractivity contribution in [3.05, 3.63) is 53.5 Å². The summed E-state index contributed by atoms with van der Waals surface area (Å²) in [6, 6.07) is 11.0. The van der Waals surface area contributed by atoms with Gasteiger partial charge in [-0.15, -0.1) is 0 Å². The summed E-state index contributed by atoms with van der Waals surface area (Å²) in [6.45, 7) is 5.84. The Hall–Kier alpha value is -1.98. The van der Waals surface area contributed by atoms with Gasteiger partial charge in [0.25, 0.3) is 0 Å². The molecule has 0 bridgehead atoms. The summed E-state index contributed by atoms with van der Waals surface area (Å²) in [5.41, 5.74) is 3.84. The van der Waals surface area contributed by atoms with Crippen molar-refractivity contribution >= 4 is 5.82 Å². The maximum atomic E-state index is 5.12. The number of rotatable bonds is 6. The molecule has 0 saturated heterocycles. The summed E-state index contributed by atoms with van der Waals surface area (Å²) in [6.07, 6.45) is 2.72. The van der Waals surface area contributed by atoms with Crippen LogP contribution >= 0.6 is 0 Å². The molecule has 1 N–H and O–H groups in total. The van der Waals surface area contributed by atoms with Crippen molar-refractivity contribution in [1.29, 1.82) is 0 Å². The van der Waals surface area contributed by atoms with Crippen LogP contribution in [0.4, 0.5) is 5.82 Å². The van der Waals surface area contributed by atoms with Gasteiger partial charge in [-0.1, -0.05) is 24.3 Å². The summed E-state index contributed by atoms with van der Waals surface area (Å²) < 4.78 is 5.12. The molecule has 0 saturated carbocycles. The number of ether oxygens (including phenoxy) is 1. The number of nitrogens with one attached hydrogen (secondary N) is 1. The van der Waals surface area contributed by atoms with Crippen LogP contribution in [0.5, 0.6) is 0 Å². The van der Waals surface area contributed by atoms with Gasteiger partial charge in [0, 0.05) is 38.9 Å². The van der Waals surface area contributed by atoms with Crippen molar-refractivity contribution in [2.45, 2.75) is 32.5 Å². The Morgan fingerprint density at radius 2 is 2.09 bits per heavy atom. The van der Waals surface area contributed by atoms with E-state index in [1.165, 1.54) is 11.1 Å². The Morgan fingerprint density at radius 3 is 2.91 bits per heavy atom. The quantitative estimate of drug-likeness (QED) is 0.888. The Morgan fingerprint density at radius 1 is 1.26 bits per heavy atom. The zero-order chi connectivity index (χ0) is 16.1. The summed E-state index contributed by atoms with van der Waals surface area (Å²) in [4.78, 5) is 11.0. The van der Waals surface area contributed by atoms with Crippen molar-refractivity contribution < 1.29 is 4.74 Å². The van der Waals surface area contributed by atoms with E-state index in [1.54, 1.807) is 13.4 Å². The number of hydrogen-bond acceptors (Lipinski definition) is 5. The second kappa shape index (κ2) is 7.53. The molecule has 0 spiro atoms. The molecule has 1 aromatic carbocycles. The molecule has 0 radical (unpaired) electrons. The standard InChI is InChI=1S/C18H24N4O/c1-14(21-18-9-17(12-23-2)19-13-20-18)10-22-8-7-15-5-3-4-6-16(15)11-22/h3-6,9,13-14H,7-8,10-12H2,1-2H3,(H,19,20,21). The predicted octanol–water partition coefficient (Wildman–Crippen LogP) is 2.48. The molecule has 23 heavy (non-hydrogen) atoms. The summed E-state index contributed by atoms with van der Waals surface area (Å²) in [7, 11) is 1.67. The van der Waals surface area contributed by atoms with E-state index in [2.05, 4.69) is 51.4 Å². The minimum Gasteiger partial charge on any atom is -0.378 e. The third-order valence-corrected chi connectivity index (χ3v) is 4.15. The van der Waals surface area contributed by atoms with E-state index in [1.807, 2.05) is 6.07 Å². The summed E-state index contributed by atoms with van der Waals surface area (Å²) in [5.74, 6) is 0.858. The molecular weight excluding hydrogens is 288 g/mol. The highest BCUT2D eigenvalue weighted by Gasteiger charge is 2.17. The average Bonchev–Trinajstić information content (AvgIpc) is 2.55. The van der Waals surface area contributed by atoms with E-state index in [4.69, 9.17) is 4.74 Å². The number of fused-ring (bicyclic) bond motifs is 1. The lowest BCUT2D eigenvalue weighted by atomic mass is 10.00. The first-order valence-electron chi connectivity index (χ1n) is 8.10. The maximum absolute atomic E-state index is 5.12. The first-order valence-corrected chi connectivity index (χ1v) is 8.10. The van der Waals surface area contributed by atoms with Gasteiger partial charge in [-0.3, -0.25) is 4.90 Å². The molecule has 3 rings (SSSR count). The smallest absolute Gasteiger partial charge is 0.129 e. The van der Waals surface area contributed by atoms with Crippen LogP contribution in [-0.2, 0) is 24.3 Å². The minimum atomic E-state index is 0.325. The van der Waals surface area contributed by atoms with Gasteiger partial charge in [-0.05, 0) is 24.5 Å². The van der Waals surface area contributed by atoms with Gasteiger partial charge in [0.1, 0.15) is 12.1 Å². The van der Waals surface area contributed by atoms with Crippen molar-refractivity contribution in [2.24, 2.45) is 0 Å². The van der Waals surface area contributed by atoms with Gasteiger partial charge >= 0.3 is 0 Å². The first kappa shape index (κ1) is 15.9. The van der Waals surface area contributed by atoms with Crippen LogP contribution < -0.4 is 5.32 Å². The second-order valence-corrected chi connectivity index (χ2v) is 6.13. The van der Waals surface area contributed by atoms with E-state index in [0.29, 0.717) is 12.6 Å². The lowest BCUT2D eigenvalue weighted by Crippen LogP contribution is -2.38. The highest BCUT2D eigenvalue weighted by molar-refractivity contribution is 5.36. The number of anilines is 1. The highest BCUT2D eigenvalue weighted by atomic mass is 16.5. The Balaban J connectivity index is 1.56. The van der Waals surface area contributed by atoms with E-state index in [-0.39, 0.29) is 0 Å². The molecule has 5 nitrogen and oxygen atoms in total. The van der Waals surface area contributed by atoms with E-state index in [0.717, 1.165) is 37.6 Å². The van der Waals surface area contributed by atoms with E-state index >= 15 is 0 Å². The van der Waals surface area contributed by atoms with Gasteiger partial charge in [0.05, 0.1) is 12.3 Å². The van der Waals surface area contributed by atoms with Crippen LogP contribution in [0.2, 0.25) is 0 Å². The Kier molecular flexibility index (Phi) is 5.20. The van der Waals surface area contributed by atoms with E-state index < -0.39 is 0 Å². The van der Waals surface area contributed by atoms with Crippen LogP contribution in [0.15, 0.2) is 36.7 Å². The van der Waals surface area contributed by atoms with Gasteiger partial charge in [0.2, 0.25) is 0 Å². The molecule has 122 valence electrons. The minimum absolute atomic E-state index is 0.325. The highest BCUT2D eigenvalue weighted by Crippen LogP contribution is 2.19. The van der Waals surface area contributed by atoms with Gasteiger partial charge in [-0.25, -0.2) is 9.97 Å². The zero-order valence-corrected chi connectivity index (χ0v) is 13.8. The van der Waals surface area contributed by atoms with Gasteiger partial charge in [-0.2, -0.15) is 0 Å². The molecule has 1 unspecified atom stereocenters. The van der Waals surface area contributed by atoms with E-state index in [9.17, 15) is 0 Å². The lowest BCUT2D eigenvalue weighted by molar-refractivity contribution is 0.181. The predicted molar refractivity (Wildman–Crippen MR) is 91.3 cm³/mol. The normalized spacial score (nSPS) is 15.9. The molecule has 1 aliphatic rings. The Labute approximate surface area is 137 Å².